The second kappa shape index (κ2) is 3.66. The summed E-state index contributed by atoms with van der Waals surface area (Å²) in [5.41, 5.74) is 6.42. The third-order valence-electron chi connectivity index (χ3n) is 1.77. The number of anilines is 1. The van der Waals surface area contributed by atoms with Crippen LogP contribution in [0.3, 0.4) is 0 Å². The largest absolute Gasteiger partial charge is 0.478 e. The summed E-state index contributed by atoms with van der Waals surface area (Å²) >= 11 is 5.81. The van der Waals surface area contributed by atoms with Crippen LogP contribution in [0.25, 0.3) is 0 Å². The van der Waals surface area contributed by atoms with Crippen molar-refractivity contribution >= 4 is 23.3 Å². The number of carbonyl (C=O) groups is 1. The van der Waals surface area contributed by atoms with Gasteiger partial charge in [-0.1, -0.05) is 12.1 Å². The number of hydrogen-bond acceptors (Lipinski definition) is 2. The summed E-state index contributed by atoms with van der Waals surface area (Å²) in [6.45, 7) is 1.71. The van der Waals surface area contributed by atoms with E-state index < -0.39 is 5.97 Å². The van der Waals surface area contributed by atoms with Crippen LogP contribution in [0.5, 0.6) is 0 Å². The molecule has 3 N–H and O–H groups in total. The maximum absolute atomic E-state index is 10.8. The van der Waals surface area contributed by atoms with Gasteiger partial charge in [-0.25, -0.2) is 4.79 Å². The first kappa shape index (κ1) is 9.86. The molecule has 0 saturated heterocycles. The molecule has 0 heterocycles. The van der Waals surface area contributed by atoms with E-state index >= 15 is 0 Å². The number of hydrogen-bond donors (Lipinski definition) is 2. The minimum atomic E-state index is -1.04. The Morgan fingerprint density at radius 2 is 2.23 bits per heavy atom. The smallest absolute Gasteiger partial charge is 0.338 e. The fourth-order valence-corrected chi connectivity index (χ4v) is 1.35. The molecule has 0 aliphatic rings. The molecule has 3 nitrogen and oxygen atoms in total. The van der Waals surface area contributed by atoms with E-state index in [1.165, 1.54) is 0 Å². The number of alkyl halides is 1. The van der Waals surface area contributed by atoms with Crippen LogP contribution in [-0.2, 0) is 0 Å². The molecule has 1 aromatic carbocycles. The topological polar surface area (TPSA) is 63.3 Å². The van der Waals surface area contributed by atoms with Crippen LogP contribution < -0.4 is 5.73 Å². The summed E-state index contributed by atoms with van der Waals surface area (Å²) in [6, 6.07) is 4.90. The normalized spacial score (nSPS) is 12.5. The first-order chi connectivity index (χ1) is 6.04. The maximum Gasteiger partial charge on any atom is 0.338 e. The minimum absolute atomic E-state index is 0.102. The summed E-state index contributed by atoms with van der Waals surface area (Å²) in [4.78, 5) is 10.8. The van der Waals surface area contributed by atoms with Crippen LogP contribution in [0.4, 0.5) is 5.69 Å². The van der Waals surface area contributed by atoms with Gasteiger partial charge in [0.2, 0.25) is 0 Å². The number of aromatic carboxylic acids is 1. The number of rotatable bonds is 2. The fourth-order valence-electron chi connectivity index (χ4n) is 1.17. The van der Waals surface area contributed by atoms with Crippen LogP contribution in [0, 0.1) is 0 Å². The Kier molecular flexibility index (Phi) is 2.78. The van der Waals surface area contributed by atoms with Gasteiger partial charge in [-0.05, 0) is 18.6 Å². The fraction of sp³-hybridized carbons (Fsp3) is 0.222. The minimum Gasteiger partial charge on any atom is -0.478 e. The van der Waals surface area contributed by atoms with Gasteiger partial charge in [-0.15, -0.1) is 11.6 Å². The monoisotopic (exact) mass is 199 g/mol. The number of carboxylic acid groups (broad SMARTS) is 1. The van der Waals surface area contributed by atoms with Crippen molar-refractivity contribution in [2.75, 3.05) is 5.73 Å². The van der Waals surface area contributed by atoms with Crippen LogP contribution in [-0.4, -0.2) is 11.1 Å². The van der Waals surface area contributed by atoms with Crippen LogP contribution in [0.15, 0.2) is 18.2 Å². The Labute approximate surface area is 81.1 Å². The van der Waals surface area contributed by atoms with Gasteiger partial charge in [0.15, 0.2) is 0 Å². The van der Waals surface area contributed by atoms with Crippen LogP contribution in [0.1, 0.15) is 28.2 Å². The maximum atomic E-state index is 10.8. The molecule has 13 heavy (non-hydrogen) atoms. The molecule has 70 valence electrons. The molecule has 1 atom stereocenters. The number of nitrogens with two attached hydrogens (primary N) is 1. The molecular formula is C9H10ClNO2. The van der Waals surface area contributed by atoms with E-state index in [0.29, 0.717) is 5.56 Å². The molecule has 0 aromatic heterocycles. The number of benzene rings is 1. The van der Waals surface area contributed by atoms with Gasteiger partial charge in [0.1, 0.15) is 0 Å². The zero-order valence-corrected chi connectivity index (χ0v) is 7.88. The Hall–Kier alpha value is -1.22. The molecule has 0 aliphatic heterocycles. The summed E-state index contributed by atoms with van der Waals surface area (Å²) < 4.78 is 0. The lowest BCUT2D eigenvalue weighted by Gasteiger charge is -2.09. The molecule has 1 rings (SSSR count). The molecule has 1 unspecified atom stereocenters. The van der Waals surface area contributed by atoms with E-state index in [0.717, 1.165) is 0 Å². The predicted molar refractivity (Wildman–Crippen MR) is 52.1 cm³/mol. The first-order valence-corrected chi connectivity index (χ1v) is 4.23. The van der Waals surface area contributed by atoms with Gasteiger partial charge in [0, 0.05) is 5.69 Å². The average molecular weight is 200 g/mol. The molecule has 0 spiro atoms. The van der Waals surface area contributed by atoms with E-state index in [1.807, 2.05) is 0 Å². The van der Waals surface area contributed by atoms with Gasteiger partial charge < -0.3 is 10.8 Å². The zero-order chi connectivity index (χ0) is 10.0. The highest BCUT2D eigenvalue weighted by Gasteiger charge is 2.16. The third-order valence-corrected chi connectivity index (χ3v) is 2.01. The molecule has 0 amide bonds. The second-order valence-electron chi connectivity index (χ2n) is 2.73. The van der Waals surface area contributed by atoms with Gasteiger partial charge in [-0.3, -0.25) is 0 Å². The quantitative estimate of drug-likeness (QED) is 0.567. The van der Waals surface area contributed by atoms with E-state index in [4.69, 9.17) is 22.4 Å². The predicted octanol–water partition coefficient (Wildman–Crippen LogP) is 2.27. The lowest BCUT2D eigenvalue weighted by atomic mass is 10.0. The highest BCUT2D eigenvalue weighted by atomic mass is 35.5. The summed E-state index contributed by atoms with van der Waals surface area (Å²) in [5, 5.41) is 8.50. The van der Waals surface area contributed by atoms with E-state index in [9.17, 15) is 4.79 Å². The Bertz CT molecular complexity index is 336. The lowest BCUT2D eigenvalue weighted by molar-refractivity contribution is 0.0697. The highest BCUT2D eigenvalue weighted by molar-refractivity contribution is 6.21. The summed E-state index contributed by atoms with van der Waals surface area (Å²) in [6.07, 6.45) is 0. The Morgan fingerprint density at radius 1 is 1.62 bits per heavy atom. The second-order valence-corrected chi connectivity index (χ2v) is 3.39. The van der Waals surface area contributed by atoms with Gasteiger partial charge in [0.25, 0.3) is 0 Å². The van der Waals surface area contributed by atoms with Crippen molar-refractivity contribution in [1.29, 1.82) is 0 Å². The highest BCUT2D eigenvalue weighted by Crippen LogP contribution is 2.26. The van der Waals surface area contributed by atoms with Crippen molar-refractivity contribution in [2.45, 2.75) is 12.3 Å². The number of halogens is 1. The molecular weight excluding hydrogens is 190 g/mol. The van der Waals surface area contributed by atoms with Gasteiger partial charge >= 0.3 is 5.97 Å². The molecule has 1 aromatic rings. The SMILES string of the molecule is CC(Cl)c1cccc(N)c1C(=O)O. The van der Waals surface area contributed by atoms with E-state index in [1.54, 1.807) is 25.1 Å². The van der Waals surface area contributed by atoms with Crippen molar-refractivity contribution in [1.82, 2.24) is 0 Å². The van der Waals surface area contributed by atoms with Crippen LogP contribution in [0.2, 0.25) is 0 Å². The molecule has 0 radical (unpaired) electrons. The van der Waals surface area contributed by atoms with Crippen molar-refractivity contribution < 1.29 is 9.90 Å². The standard InChI is InChI=1S/C9H10ClNO2/c1-5(10)6-3-2-4-7(11)8(6)9(12)13/h2-5H,11H2,1H3,(H,12,13). The van der Waals surface area contributed by atoms with Crippen molar-refractivity contribution in [3.05, 3.63) is 29.3 Å². The van der Waals surface area contributed by atoms with Crippen molar-refractivity contribution in [2.24, 2.45) is 0 Å². The molecule has 0 saturated carbocycles. The molecule has 0 bridgehead atoms. The van der Waals surface area contributed by atoms with E-state index in [2.05, 4.69) is 0 Å². The number of carboxylic acids is 1. The Morgan fingerprint density at radius 3 is 2.62 bits per heavy atom. The van der Waals surface area contributed by atoms with Crippen molar-refractivity contribution in [3.63, 3.8) is 0 Å². The van der Waals surface area contributed by atoms with Gasteiger partial charge in [-0.2, -0.15) is 0 Å². The van der Waals surface area contributed by atoms with E-state index in [-0.39, 0.29) is 16.6 Å². The first-order valence-electron chi connectivity index (χ1n) is 3.79. The zero-order valence-electron chi connectivity index (χ0n) is 7.12. The third kappa shape index (κ3) is 1.92. The molecule has 4 heteroatoms. The number of nitrogen functional groups attached to an aromatic ring is 1. The average Bonchev–Trinajstić information content (AvgIpc) is 2.02. The summed E-state index contributed by atoms with van der Waals surface area (Å²) in [5.74, 6) is -1.04. The molecule has 0 fully saturated rings. The van der Waals surface area contributed by atoms with Crippen LogP contribution >= 0.6 is 11.6 Å². The Balaban J connectivity index is 3.34. The van der Waals surface area contributed by atoms with Gasteiger partial charge in [0.05, 0.1) is 10.9 Å². The summed E-state index contributed by atoms with van der Waals surface area (Å²) in [7, 11) is 0. The van der Waals surface area contributed by atoms with Crippen molar-refractivity contribution in [3.8, 4) is 0 Å². The lowest BCUT2D eigenvalue weighted by Crippen LogP contribution is -2.07. The molecule has 0 aliphatic carbocycles.